The first kappa shape index (κ1) is 17.4. The van der Waals surface area contributed by atoms with Crippen LogP contribution in [0.1, 0.15) is 42.4 Å². The Morgan fingerprint density at radius 3 is 2.65 bits per heavy atom. The predicted molar refractivity (Wildman–Crippen MR) is 101 cm³/mol. The van der Waals surface area contributed by atoms with E-state index in [9.17, 15) is 0 Å². The van der Waals surface area contributed by atoms with Gasteiger partial charge in [0, 0.05) is 68.7 Å². The van der Waals surface area contributed by atoms with Gasteiger partial charge >= 0.3 is 0 Å². The van der Waals surface area contributed by atoms with Crippen LogP contribution in [0.5, 0.6) is 0 Å². The van der Waals surface area contributed by atoms with E-state index in [2.05, 4.69) is 45.7 Å². The molecule has 0 N–H and O–H groups in total. The quantitative estimate of drug-likeness (QED) is 0.841. The molecular formula is C20H27N5O. The van der Waals surface area contributed by atoms with E-state index in [1.165, 1.54) is 16.8 Å². The Morgan fingerprint density at radius 1 is 1.08 bits per heavy atom. The number of morpholine rings is 1. The van der Waals surface area contributed by atoms with Gasteiger partial charge in [-0.1, -0.05) is 19.9 Å². The van der Waals surface area contributed by atoms with Crippen LogP contribution in [0.25, 0.3) is 0 Å². The van der Waals surface area contributed by atoms with Gasteiger partial charge in [0.15, 0.2) is 0 Å². The average molecular weight is 353 g/mol. The van der Waals surface area contributed by atoms with Gasteiger partial charge in [0.1, 0.15) is 11.6 Å². The molecule has 0 spiro atoms. The molecule has 6 heteroatoms. The van der Waals surface area contributed by atoms with Crippen molar-refractivity contribution in [2.45, 2.75) is 39.3 Å². The summed E-state index contributed by atoms with van der Waals surface area (Å²) < 4.78 is 5.41. The Balaban J connectivity index is 1.39. The molecule has 6 nitrogen and oxygen atoms in total. The van der Waals surface area contributed by atoms with Gasteiger partial charge in [0.25, 0.3) is 0 Å². The molecule has 138 valence electrons. The van der Waals surface area contributed by atoms with Gasteiger partial charge in [0.2, 0.25) is 0 Å². The Labute approximate surface area is 155 Å². The van der Waals surface area contributed by atoms with Crippen molar-refractivity contribution in [2.24, 2.45) is 0 Å². The number of anilines is 1. The number of aromatic nitrogens is 3. The van der Waals surface area contributed by atoms with Crippen LogP contribution in [-0.4, -0.2) is 52.7 Å². The van der Waals surface area contributed by atoms with Gasteiger partial charge in [-0.05, 0) is 11.6 Å². The molecule has 0 atom stereocenters. The van der Waals surface area contributed by atoms with Crippen molar-refractivity contribution in [1.82, 2.24) is 19.9 Å². The van der Waals surface area contributed by atoms with Crippen molar-refractivity contribution < 1.29 is 4.74 Å². The highest BCUT2D eigenvalue weighted by Gasteiger charge is 2.19. The number of nitrogens with zero attached hydrogens (tertiary/aromatic N) is 5. The second kappa shape index (κ2) is 7.68. The van der Waals surface area contributed by atoms with Crippen LogP contribution in [0, 0.1) is 0 Å². The number of hydrogen-bond donors (Lipinski definition) is 0. The topological polar surface area (TPSA) is 54.4 Å². The summed E-state index contributed by atoms with van der Waals surface area (Å²) in [6.45, 7) is 10.6. The molecule has 0 saturated carbocycles. The minimum absolute atomic E-state index is 0.384. The lowest BCUT2D eigenvalue weighted by molar-refractivity contribution is 0.122. The lowest BCUT2D eigenvalue weighted by Crippen LogP contribution is -2.36. The Hall–Kier alpha value is -2.05. The molecule has 0 amide bonds. The van der Waals surface area contributed by atoms with Gasteiger partial charge in [0.05, 0.1) is 13.2 Å². The van der Waals surface area contributed by atoms with Crippen molar-refractivity contribution in [2.75, 3.05) is 37.7 Å². The third-order valence-corrected chi connectivity index (χ3v) is 5.10. The maximum atomic E-state index is 5.41. The fourth-order valence-corrected chi connectivity index (χ4v) is 3.55. The molecule has 2 aromatic rings. The predicted octanol–water partition coefficient (Wildman–Crippen LogP) is 2.39. The van der Waals surface area contributed by atoms with Gasteiger partial charge in [-0.25, -0.2) is 15.0 Å². The molecule has 2 aliphatic heterocycles. The molecule has 0 aromatic carbocycles. The van der Waals surface area contributed by atoms with Crippen LogP contribution in [-0.2, 0) is 24.2 Å². The van der Waals surface area contributed by atoms with E-state index in [4.69, 9.17) is 9.72 Å². The molecule has 1 saturated heterocycles. The molecular weight excluding hydrogens is 326 g/mol. The Morgan fingerprint density at radius 2 is 1.92 bits per heavy atom. The zero-order chi connectivity index (χ0) is 17.9. The summed E-state index contributed by atoms with van der Waals surface area (Å²) in [5.41, 5.74) is 3.74. The van der Waals surface area contributed by atoms with Gasteiger partial charge in [-0.3, -0.25) is 4.90 Å². The molecule has 26 heavy (non-hydrogen) atoms. The summed E-state index contributed by atoms with van der Waals surface area (Å²) in [6, 6.07) is 4.34. The average Bonchev–Trinajstić information content (AvgIpc) is 2.69. The van der Waals surface area contributed by atoms with E-state index in [-0.39, 0.29) is 0 Å². The Kier molecular flexibility index (Phi) is 5.13. The lowest BCUT2D eigenvalue weighted by Gasteiger charge is -2.29. The normalized spacial score (nSPS) is 18.2. The van der Waals surface area contributed by atoms with Gasteiger partial charge in [-0.15, -0.1) is 0 Å². The maximum Gasteiger partial charge on any atom is 0.131 e. The minimum atomic E-state index is 0.384. The van der Waals surface area contributed by atoms with E-state index in [0.717, 1.165) is 64.0 Å². The summed E-state index contributed by atoms with van der Waals surface area (Å²) in [7, 11) is 0. The first-order chi connectivity index (χ1) is 12.7. The first-order valence-electron chi connectivity index (χ1n) is 9.53. The molecule has 2 aliphatic rings. The molecule has 0 radical (unpaired) electrons. The highest BCUT2D eigenvalue weighted by atomic mass is 16.5. The van der Waals surface area contributed by atoms with Crippen LogP contribution in [0.3, 0.4) is 0 Å². The number of hydrogen-bond acceptors (Lipinski definition) is 6. The van der Waals surface area contributed by atoms with E-state index >= 15 is 0 Å². The fraction of sp³-hybridized carbons (Fsp3) is 0.550. The van der Waals surface area contributed by atoms with E-state index in [0.29, 0.717) is 5.92 Å². The molecule has 0 bridgehead atoms. The largest absolute Gasteiger partial charge is 0.378 e. The summed E-state index contributed by atoms with van der Waals surface area (Å²) in [5.74, 6) is 2.39. The molecule has 1 fully saturated rings. The van der Waals surface area contributed by atoms with Crippen molar-refractivity contribution in [3.8, 4) is 0 Å². The molecule has 2 aromatic heterocycles. The second-order valence-corrected chi connectivity index (χ2v) is 7.44. The summed E-state index contributed by atoms with van der Waals surface area (Å²) in [6.07, 6.45) is 5.03. The van der Waals surface area contributed by atoms with Crippen LogP contribution in [0.4, 0.5) is 5.82 Å². The third-order valence-electron chi connectivity index (χ3n) is 5.10. The number of ether oxygens (including phenoxy) is 1. The highest BCUT2D eigenvalue weighted by Crippen LogP contribution is 2.21. The van der Waals surface area contributed by atoms with Gasteiger partial charge in [-0.2, -0.15) is 0 Å². The van der Waals surface area contributed by atoms with Crippen LogP contribution in [0.15, 0.2) is 24.5 Å². The smallest absolute Gasteiger partial charge is 0.131 e. The standard InChI is InChI=1S/C20H27N5O/c1-15(2)20-22-12-17-14-24(6-5-18(17)23-20)13-16-3-4-19(21-11-16)25-7-9-26-10-8-25/h3-4,11-12,15H,5-10,13-14H2,1-2H3. The molecule has 4 rings (SSSR count). The summed E-state index contributed by atoms with van der Waals surface area (Å²) >= 11 is 0. The van der Waals surface area contributed by atoms with Crippen LogP contribution >= 0.6 is 0 Å². The lowest BCUT2D eigenvalue weighted by atomic mass is 10.1. The number of fused-ring (bicyclic) bond motifs is 1. The van der Waals surface area contributed by atoms with Crippen molar-refractivity contribution in [3.05, 3.63) is 47.2 Å². The Bertz CT molecular complexity index is 740. The van der Waals surface area contributed by atoms with Crippen molar-refractivity contribution >= 4 is 5.82 Å². The molecule has 0 aliphatic carbocycles. The van der Waals surface area contributed by atoms with Crippen molar-refractivity contribution in [1.29, 1.82) is 0 Å². The van der Waals surface area contributed by atoms with E-state index in [1.807, 2.05) is 12.4 Å². The van der Waals surface area contributed by atoms with E-state index < -0.39 is 0 Å². The fourth-order valence-electron chi connectivity index (χ4n) is 3.55. The van der Waals surface area contributed by atoms with Crippen molar-refractivity contribution in [3.63, 3.8) is 0 Å². The zero-order valence-electron chi connectivity index (χ0n) is 15.7. The summed E-state index contributed by atoms with van der Waals surface area (Å²) in [4.78, 5) is 18.7. The highest BCUT2D eigenvalue weighted by molar-refractivity contribution is 5.39. The third kappa shape index (κ3) is 3.86. The van der Waals surface area contributed by atoms with Crippen LogP contribution < -0.4 is 4.90 Å². The van der Waals surface area contributed by atoms with Crippen LogP contribution in [0.2, 0.25) is 0 Å². The summed E-state index contributed by atoms with van der Waals surface area (Å²) in [5, 5.41) is 0. The number of rotatable bonds is 4. The first-order valence-corrected chi connectivity index (χ1v) is 9.53. The zero-order valence-corrected chi connectivity index (χ0v) is 15.7. The SMILES string of the molecule is CC(C)c1ncc2c(n1)CCN(Cc1ccc(N3CCOCC3)nc1)C2. The minimum Gasteiger partial charge on any atom is -0.378 e. The van der Waals surface area contributed by atoms with Gasteiger partial charge < -0.3 is 9.64 Å². The number of pyridine rings is 1. The molecule has 4 heterocycles. The second-order valence-electron chi connectivity index (χ2n) is 7.44. The van der Waals surface area contributed by atoms with E-state index in [1.54, 1.807) is 0 Å². The molecule has 0 unspecified atom stereocenters. The maximum absolute atomic E-state index is 5.41. The monoisotopic (exact) mass is 353 g/mol.